The van der Waals surface area contributed by atoms with Crippen molar-refractivity contribution in [2.24, 2.45) is 0 Å². The van der Waals surface area contributed by atoms with Gasteiger partial charge in [-0.15, -0.1) is 5.10 Å². The lowest BCUT2D eigenvalue weighted by Gasteiger charge is -2.23. The molecule has 2 amide bonds. The van der Waals surface area contributed by atoms with E-state index >= 15 is 0 Å². The van der Waals surface area contributed by atoms with Crippen LogP contribution < -0.4 is 10.6 Å². The SMILES string of the molecule is O=C(C=Cc1ccccc1Cl)Nc1nc2n(n1)C(c1ccccc1)CC(=O)N2. The molecule has 1 unspecified atom stereocenters. The van der Waals surface area contributed by atoms with Crippen LogP contribution in [0.1, 0.15) is 23.6 Å². The molecule has 140 valence electrons. The third-order valence-corrected chi connectivity index (χ3v) is 4.64. The Bertz CT molecular complexity index is 1060. The first kappa shape index (κ1) is 17.9. The number of carbonyl (C=O) groups is 2. The van der Waals surface area contributed by atoms with E-state index in [9.17, 15) is 9.59 Å². The fraction of sp³-hybridized carbons (Fsp3) is 0.100. The van der Waals surface area contributed by atoms with Gasteiger partial charge in [0.25, 0.3) is 11.9 Å². The van der Waals surface area contributed by atoms with Crippen LogP contribution in [0.2, 0.25) is 5.02 Å². The van der Waals surface area contributed by atoms with Crippen molar-refractivity contribution in [1.29, 1.82) is 0 Å². The highest BCUT2D eigenvalue weighted by molar-refractivity contribution is 6.32. The van der Waals surface area contributed by atoms with Crippen molar-refractivity contribution < 1.29 is 9.59 Å². The highest BCUT2D eigenvalue weighted by Gasteiger charge is 2.29. The summed E-state index contributed by atoms with van der Waals surface area (Å²) >= 11 is 6.07. The molecule has 7 nitrogen and oxygen atoms in total. The maximum absolute atomic E-state index is 12.2. The second-order valence-electron chi connectivity index (χ2n) is 6.23. The number of hydrogen-bond donors (Lipinski definition) is 2. The predicted molar refractivity (Wildman–Crippen MR) is 107 cm³/mol. The first-order valence-corrected chi connectivity index (χ1v) is 9.03. The molecule has 0 radical (unpaired) electrons. The molecule has 2 N–H and O–H groups in total. The lowest BCUT2D eigenvalue weighted by molar-refractivity contribution is -0.117. The average molecular weight is 394 g/mol. The van der Waals surface area contributed by atoms with Crippen molar-refractivity contribution >= 4 is 41.4 Å². The fourth-order valence-electron chi connectivity index (χ4n) is 2.98. The number of hydrogen-bond acceptors (Lipinski definition) is 4. The van der Waals surface area contributed by atoms with Crippen LogP contribution in [0.25, 0.3) is 6.08 Å². The quantitative estimate of drug-likeness (QED) is 0.664. The molecule has 2 aromatic carbocycles. The third-order valence-electron chi connectivity index (χ3n) is 4.30. The second-order valence-corrected chi connectivity index (χ2v) is 6.63. The van der Waals surface area contributed by atoms with Gasteiger partial charge in [0.1, 0.15) is 0 Å². The molecule has 0 saturated carbocycles. The molecule has 1 atom stereocenters. The van der Waals surface area contributed by atoms with E-state index in [1.165, 1.54) is 6.08 Å². The van der Waals surface area contributed by atoms with Gasteiger partial charge in [0.15, 0.2) is 0 Å². The van der Waals surface area contributed by atoms with Gasteiger partial charge in [-0.2, -0.15) is 4.98 Å². The first-order chi connectivity index (χ1) is 13.6. The maximum Gasteiger partial charge on any atom is 0.250 e. The summed E-state index contributed by atoms with van der Waals surface area (Å²) in [6.45, 7) is 0. The zero-order valence-corrected chi connectivity index (χ0v) is 15.4. The molecule has 4 rings (SSSR count). The predicted octanol–water partition coefficient (Wildman–Crippen LogP) is 3.52. The van der Waals surface area contributed by atoms with Gasteiger partial charge in [-0.25, -0.2) is 4.68 Å². The van der Waals surface area contributed by atoms with Gasteiger partial charge >= 0.3 is 0 Å². The minimum absolute atomic E-state index is 0.118. The van der Waals surface area contributed by atoms with E-state index in [1.54, 1.807) is 22.9 Å². The van der Waals surface area contributed by atoms with Crippen LogP contribution >= 0.6 is 11.6 Å². The van der Waals surface area contributed by atoms with Gasteiger partial charge in [-0.05, 0) is 23.3 Å². The monoisotopic (exact) mass is 393 g/mol. The summed E-state index contributed by atoms with van der Waals surface area (Å²) in [6, 6.07) is 16.5. The minimum atomic E-state index is -0.398. The molecule has 8 heteroatoms. The van der Waals surface area contributed by atoms with Crippen LogP contribution in [0, 0.1) is 0 Å². The second kappa shape index (κ2) is 7.66. The Kier molecular flexibility index (Phi) is 4.90. The Labute approximate surface area is 166 Å². The minimum Gasteiger partial charge on any atom is -0.295 e. The molecule has 3 aromatic rings. The number of nitrogens with zero attached hydrogens (tertiary/aromatic N) is 3. The molecule has 0 spiro atoms. The largest absolute Gasteiger partial charge is 0.295 e. The number of carbonyl (C=O) groups excluding carboxylic acids is 2. The summed E-state index contributed by atoms with van der Waals surface area (Å²) in [5, 5.41) is 10.2. The van der Waals surface area contributed by atoms with E-state index in [0.717, 1.165) is 11.1 Å². The molecule has 1 aromatic heterocycles. The molecule has 0 saturated heterocycles. The molecule has 0 bridgehead atoms. The van der Waals surface area contributed by atoms with Crippen LogP contribution in [-0.4, -0.2) is 26.6 Å². The zero-order chi connectivity index (χ0) is 19.5. The molecule has 1 aliphatic rings. The van der Waals surface area contributed by atoms with Crippen molar-refractivity contribution in [3.8, 4) is 0 Å². The summed E-state index contributed by atoms with van der Waals surface area (Å²) in [5.74, 6) is -0.127. The summed E-state index contributed by atoms with van der Waals surface area (Å²) in [5.41, 5.74) is 1.67. The summed E-state index contributed by atoms with van der Waals surface area (Å²) < 4.78 is 1.62. The van der Waals surface area contributed by atoms with E-state index in [0.29, 0.717) is 11.0 Å². The molecule has 0 fully saturated rings. The summed E-state index contributed by atoms with van der Waals surface area (Å²) in [7, 11) is 0. The molecule has 1 aliphatic heterocycles. The van der Waals surface area contributed by atoms with Crippen LogP contribution in [-0.2, 0) is 9.59 Å². The Hall–Kier alpha value is -3.45. The topological polar surface area (TPSA) is 88.9 Å². The smallest absolute Gasteiger partial charge is 0.250 e. The standard InChI is InChI=1S/C20H16ClN5O2/c21-15-9-5-4-6-13(15)10-11-17(27)22-19-24-20-23-18(28)12-16(26(20)25-19)14-7-2-1-3-8-14/h1-11,16H,12H2,(H2,22,23,24,25,27,28). The van der Waals surface area contributed by atoms with Crippen LogP contribution in [0.15, 0.2) is 60.7 Å². The molecule has 28 heavy (non-hydrogen) atoms. The van der Waals surface area contributed by atoms with Crippen molar-refractivity contribution in [1.82, 2.24) is 14.8 Å². The van der Waals surface area contributed by atoms with Crippen molar-refractivity contribution in [3.63, 3.8) is 0 Å². The van der Waals surface area contributed by atoms with Gasteiger partial charge in [-0.1, -0.05) is 60.1 Å². The number of nitrogens with one attached hydrogen (secondary N) is 2. The maximum atomic E-state index is 12.2. The number of rotatable bonds is 4. The summed E-state index contributed by atoms with van der Waals surface area (Å²) in [6.07, 6.45) is 3.22. The molecular weight excluding hydrogens is 378 g/mol. The van der Waals surface area contributed by atoms with Crippen molar-refractivity contribution in [2.75, 3.05) is 10.6 Å². The third kappa shape index (κ3) is 3.79. The highest BCUT2D eigenvalue weighted by atomic mass is 35.5. The Morgan fingerprint density at radius 3 is 2.71 bits per heavy atom. The number of amides is 2. The average Bonchev–Trinajstić information content (AvgIpc) is 3.09. The van der Waals surface area contributed by atoms with Gasteiger partial charge in [0, 0.05) is 11.1 Å². The van der Waals surface area contributed by atoms with Gasteiger partial charge in [0.2, 0.25) is 11.9 Å². The Balaban J connectivity index is 1.54. The molecule has 0 aliphatic carbocycles. The van der Waals surface area contributed by atoms with Crippen LogP contribution in [0.4, 0.5) is 11.9 Å². The van der Waals surface area contributed by atoms with Gasteiger partial charge < -0.3 is 0 Å². The highest BCUT2D eigenvalue weighted by Crippen LogP contribution is 2.29. The fourth-order valence-corrected chi connectivity index (χ4v) is 3.18. The number of anilines is 2. The number of aromatic nitrogens is 3. The number of benzene rings is 2. The Morgan fingerprint density at radius 1 is 1.18 bits per heavy atom. The lowest BCUT2D eigenvalue weighted by atomic mass is 10.0. The van der Waals surface area contributed by atoms with Gasteiger partial charge in [0.05, 0.1) is 12.5 Å². The summed E-state index contributed by atoms with van der Waals surface area (Å²) in [4.78, 5) is 28.5. The normalized spacial score (nSPS) is 15.9. The molecule has 2 heterocycles. The van der Waals surface area contributed by atoms with E-state index in [-0.39, 0.29) is 24.3 Å². The van der Waals surface area contributed by atoms with Crippen LogP contribution in [0.5, 0.6) is 0 Å². The van der Waals surface area contributed by atoms with E-state index in [2.05, 4.69) is 20.7 Å². The lowest BCUT2D eigenvalue weighted by Crippen LogP contribution is -2.29. The first-order valence-electron chi connectivity index (χ1n) is 8.65. The van der Waals surface area contributed by atoms with E-state index in [4.69, 9.17) is 11.6 Å². The van der Waals surface area contributed by atoms with E-state index < -0.39 is 5.91 Å². The molecular formula is C20H16ClN5O2. The number of fused-ring (bicyclic) bond motifs is 1. The van der Waals surface area contributed by atoms with E-state index in [1.807, 2.05) is 42.5 Å². The van der Waals surface area contributed by atoms with Crippen LogP contribution in [0.3, 0.4) is 0 Å². The van der Waals surface area contributed by atoms with Crippen molar-refractivity contribution in [2.45, 2.75) is 12.5 Å². The van der Waals surface area contributed by atoms with Gasteiger partial charge in [-0.3, -0.25) is 20.2 Å². The van der Waals surface area contributed by atoms with Crippen molar-refractivity contribution in [3.05, 3.63) is 76.8 Å². The Morgan fingerprint density at radius 2 is 1.93 bits per heavy atom. The number of halogens is 1. The zero-order valence-electron chi connectivity index (χ0n) is 14.7.